The molecule has 1 aliphatic rings. The van der Waals surface area contributed by atoms with Crippen molar-refractivity contribution in [2.24, 2.45) is 21.8 Å². The number of amidine groups is 1. The molecule has 1 saturated heterocycles. The highest BCUT2D eigenvalue weighted by atomic mass is 79.9. The van der Waals surface area contributed by atoms with E-state index in [-0.39, 0.29) is 16.6 Å². The molecule has 2 rings (SSSR count). The van der Waals surface area contributed by atoms with Crippen LogP contribution in [0.15, 0.2) is 16.2 Å². The van der Waals surface area contributed by atoms with Gasteiger partial charge in [-0.3, -0.25) is 4.79 Å². The Kier molecular flexibility index (Phi) is 8.05. The lowest BCUT2D eigenvalue weighted by atomic mass is 9.78. The molecule has 1 aromatic rings. The summed E-state index contributed by atoms with van der Waals surface area (Å²) >= 11 is 3.34. The molecule has 31 heavy (non-hydrogen) atoms. The minimum Gasteiger partial charge on any atom is -0.507 e. The fourth-order valence-electron chi connectivity index (χ4n) is 4.85. The van der Waals surface area contributed by atoms with Gasteiger partial charge in [-0.2, -0.15) is 4.02 Å². The van der Waals surface area contributed by atoms with Gasteiger partial charge < -0.3 is 10.0 Å². The van der Waals surface area contributed by atoms with Crippen LogP contribution in [0.4, 0.5) is 0 Å². The summed E-state index contributed by atoms with van der Waals surface area (Å²) in [6, 6.07) is 3.77. The van der Waals surface area contributed by atoms with Gasteiger partial charge in [0.2, 0.25) is 0 Å². The van der Waals surface area contributed by atoms with Crippen molar-refractivity contribution >= 4 is 27.8 Å². The van der Waals surface area contributed by atoms with Crippen molar-refractivity contribution in [3.63, 3.8) is 0 Å². The minimum absolute atomic E-state index is 0.0734. The highest BCUT2D eigenvalue weighted by molar-refractivity contribution is 9.08. The Hall–Kier alpha value is -1.36. The lowest BCUT2D eigenvalue weighted by Crippen LogP contribution is -2.34. The number of hydrogen-bond donors (Lipinski definition) is 1. The fourth-order valence-corrected chi connectivity index (χ4v) is 5.32. The molecule has 0 aromatic heterocycles. The van der Waals surface area contributed by atoms with E-state index < -0.39 is 0 Å². The predicted octanol–water partition coefficient (Wildman–Crippen LogP) is 6.88. The van der Waals surface area contributed by atoms with Crippen molar-refractivity contribution in [2.75, 3.05) is 13.1 Å². The molecular weight excluding hydrogens is 452 g/mol. The normalized spacial score (nSPS) is 21.4. The molecule has 5 heteroatoms. The lowest BCUT2D eigenvalue weighted by molar-refractivity contribution is 0.0963. The van der Waals surface area contributed by atoms with Crippen molar-refractivity contribution in [1.29, 1.82) is 0 Å². The quantitative estimate of drug-likeness (QED) is 0.440. The number of phenolic OH excluding ortho intramolecular Hbond substituents is 1. The van der Waals surface area contributed by atoms with Crippen molar-refractivity contribution in [2.45, 2.75) is 86.0 Å². The first-order chi connectivity index (χ1) is 14.2. The smallest absolute Gasteiger partial charge is 0.182 e. The third-order valence-electron chi connectivity index (χ3n) is 6.43. The van der Waals surface area contributed by atoms with Crippen LogP contribution in [0.25, 0.3) is 0 Å². The molecular formula is C26H41BrN2O2. The number of hydrogen-bond acceptors (Lipinski definition) is 3. The van der Waals surface area contributed by atoms with Crippen molar-refractivity contribution < 1.29 is 9.90 Å². The number of phenols is 1. The summed E-state index contributed by atoms with van der Waals surface area (Å²) in [6.45, 7) is 20.3. The van der Waals surface area contributed by atoms with Crippen molar-refractivity contribution in [3.05, 3.63) is 28.8 Å². The Morgan fingerprint density at radius 1 is 1.16 bits per heavy atom. The van der Waals surface area contributed by atoms with Crippen LogP contribution in [-0.4, -0.2) is 34.7 Å². The summed E-state index contributed by atoms with van der Waals surface area (Å²) in [5, 5.41) is 11.0. The number of likely N-dealkylation sites (tertiary alicyclic amines) is 1. The third kappa shape index (κ3) is 5.71. The number of carbonyl (C=O) groups is 1. The highest BCUT2D eigenvalue weighted by Gasteiger charge is 2.40. The van der Waals surface area contributed by atoms with Gasteiger partial charge in [0.05, 0.1) is 22.7 Å². The second-order valence-corrected chi connectivity index (χ2v) is 11.8. The first-order valence-electron chi connectivity index (χ1n) is 11.6. The molecule has 1 fully saturated rings. The van der Waals surface area contributed by atoms with Gasteiger partial charge in [-0.25, -0.2) is 0 Å². The Bertz CT molecular complexity index is 796. The number of benzene rings is 1. The van der Waals surface area contributed by atoms with E-state index in [0.717, 1.165) is 36.3 Å². The van der Waals surface area contributed by atoms with Crippen LogP contribution >= 0.6 is 16.1 Å². The number of halogens is 1. The van der Waals surface area contributed by atoms with Crippen LogP contribution in [0.1, 0.15) is 96.6 Å². The number of nitrogens with zero attached hydrogens (tertiary/aromatic N) is 2. The first kappa shape index (κ1) is 25.9. The molecule has 0 radical (unpaired) electrons. The van der Waals surface area contributed by atoms with E-state index in [1.165, 1.54) is 0 Å². The van der Waals surface area contributed by atoms with E-state index in [1.807, 2.05) is 12.1 Å². The molecule has 1 aliphatic heterocycles. The van der Waals surface area contributed by atoms with Gasteiger partial charge in [-0.05, 0) is 41.2 Å². The van der Waals surface area contributed by atoms with E-state index in [9.17, 15) is 9.90 Å². The zero-order valence-corrected chi connectivity index (χ0v) is 22.4. The van der Waals surface area contributed by atoms with E-state index in [2.05, 4.69) is 87.4 Å². The largest absolute Gasteiger partial charge is 0.507 e. The van der Waals surface area contributed by atoms with Crippen LogP contribution in [0, 0.1) is 17.8 Å². The van der Waals surface area contributed by atoms with Crippen LogP contribution in [0.5, 0.6) is 5.75 Å². The molecule has 0 amide bonds. The molecule has 1 heterocycles. The van der Waals surface area contributed by atoms with E-state index in [0.29, 0.717) is 35.6 Å². The van der Waals surface area contributed by atoms with Gasteiger partial charge in [0, 0.05) is 29.2 Å². The summed E-state index contributed by atoms with van der Waals surface area (Å²) in [5.41, 5.74) is 1.80. The van der Waals surface area contributed by atoms with Gasteiger partial charge in [0.1, 0.15) is 11.6 Å². The molecule has 0 bridgehead atoms. The zero-order valence-electron chi connectivity index (χ0n) is 20.8. The standard InChI is InChI=1S/C26H41BrN2O2/c1-10-11-17-14-29(24(28-27)22(17)16(2)3)15-21(30)18-12-19(25(4,5)6)23(31)20(13-18)26(7,8)9/h12-13,16-17,22,31H,10-11,14-15H2,1-9H3/t17-,22+/m0/s1. The number of carbonyl (C=O) groups excluding carboxylic acids is 1. The molecule has 2 atom stereocenters. The number of aromatic hydroxyl groups is 1. The summed E-state index contributed by atoms with van der Waals surface area (Å²) in [6.07, 6.45) is 2.27. The Morgan fingerprint density at radius 3 is 2.06 bits per heavy atom. The van der Waals surface area contributed by atoms with Crippen LogP contribution < -0.4 is 0 Å². The average Bonchev–Trinajstić information content (AvgIpc) is 2.97. The number of ketones is 1. The van der Waals surface area contributed by atoms with Crippen LogP contribution in [0.2, 0.25) is 0 Å². The number of Topliss-reactive ketones (excluding diaryl/α,β-unsaturated/α-hetero) is 1. The molecule has 174 valence electrons. The fraction of sp³-hybridized carbons (Fsp3) is 0.692. The molecule has 1 N–H and O–H groups in total. The van der Waals surface area contributed by atoms with E-state index >= 15 is 0 Å². The van der Waals surface area contributed by atoms with Crippen LogP contribution in [0.3, 0.4) is 0 Å². The second kappa shape index (κ2) is 9.64. The van der Waals surface area contributed by atoms with Gasteiger partial charge in [-0.15, -0.1) is 0 Å². The van der Waals surface area contributed by atoms with E-state index in [4.69, 9.17) is 0 Å². The summed E-state index contributed by atoms with van der Waals surface area (Å²) in [4.78, 5) is 15.6. The number of rotatable bonds is 6. The molecule has 0 unspecified atom stereocenters. The Morgan fingerprint density at radius 2 is 1.68 bits per heavy atom. The Labute approximate surface area is 197 Å². The Balaban J connectivity index is 2.43. The molecule has 0 aliphatic carbocycles. The van der Waals surface area contributed by atoms with Gasteiger partial charge in [0.15, 0.2) is 5.78 Å². The van der Waals surface area contributed by atoms with Crippen LogP contribution in [-0.2, 0) is 10.8 Å². The maximum absolute atomic E-state index is 13.5. The van der Waals surface area contributed by atoms with E-state index in [1.54, 1.807) is 0 Å². The van der Waals surface area contributed by atoms with Gasteiger partial charge >= 0.3 is 0 Å². The van der Waals surface area contributed by atoms with Crippen molar-refractivity contribution in [3.8, 4) is 5.75 Å². The van der Waals surface area contributed by atoms with Gasteiger partial charge in [-0.1, -0.05) is 68.7 Å². The summed E-state index contributed by atoms with van der Waals surface area (Å²) in [5.74, 6) is 2.73. The topological polar surface area (TPSA) is 52.9 Å². The molecule has 4 nitrogen and oxygen atoms in total. The van der Waals surface area contributed by atoms with Gasteiger partial charge in [0.25, 0.3) is 0 Å². The monoisotopic (exact) mass is 492 g/mol. The highest BCUT2D eigenvalue weighted by Crippen LogP contribution is 2.40. The lowest BCUT2D eigenvalue weighted by Gasteiger charge is -2.28. The molecule has 1 aromatic carbocycles. The third-order valence-corrected chi connectivity index (χ3v) is 6.79. The first-order valence-corrected chi connectivity index (χ1v) is 12.3. The maximum Gasteiger partial charge on any atom is 0.182 e. The SMILES string of the molecule is CCC[C@H]1CN(CC(=O)c2cc(C(C)(C)C)c(O)c(C(C)(C)C)c2)C(=NBr)[C@@H]1C(C)C. The maximum atomic E-state index is 13.5. The average molecular weight is 494 g/mol. The molecule has 0 saturated carbocycles. The van der Waals surface area contributed by atoms with Crippen molar-refractivity contribution in [1.82, 2.24) is 4.90 Å². The predicted molar refractivity (Wildman–Crippen MR) is 134 cm³/mol. The minimum atomic E-state index is -0.258. The summed E-state index contributed by atoms with van der Waals surface area (Å²) in [7, 11) is 0. The summed E-state index contributed by atoms with van der Waals surface area (Å²) < 4.78 is 4.44. The molecule has 0 spiro atoms. The zero-order chi connectivity index (χ0) is 23.7. The second-order valence-electron chi connectivity index (χ2n) is 11.5.